The van der Waals surface area contributed by atoms with Crippen LogP contribution in [0.3, 0.4) is 0 Å². The average Bonchev–Trinajstić information content (AvgIpc) is 3.20. The van der Waals surface area contributed by atoms with Gasteiger partial charge in [0.2, 0.25) is 0 Å². The van der Waals surface area contributed by atoms with Gasteiger partial charge in [-0.1, -0.05) is 17.7 Å². The summed E-state index contributed by atoms with van der Waals surface area (Å²) in [5, 5.41) is 9.65. The topological polar surface area (TPSA) is 65.3 Å². The molecular weight excluding hydrogens is 390 g/mol. The first kappa shape index (κ1) is 18.4. The highest BCUT2D eigenvalue weighted by Crippen LogP contribution is 2.35. The van der Waals surface area contributed by atoms with E-state index in [4.69, 9.17) is 21.1 Å². The third-order valence-corrected chi connectivity index (χ3v) is 5.70. The number of rotatable bonds is 2. The standard InChI is InChI=1S/C21H22ClN5O2/c22-16-4-5-17-18(13-16)29-12-11-28-14-20-24-25-21(27(17)20)15-6-9-26(10-7-15)19-3-1-2-8-23-19/h1-5,8,13,15H,6-7,9-12,14H2. The van der Waals surface area contributed by atoms with Crippen molar-refractivity contribution in [3.63, 3.8) is 0 Å². The number of hydrogen-bond donors (Lipinski definition) is 0. The molecule has 1 saturated heterocycles. The van der Waals surface area contributed by atoms with E-state index >= 15 is 0 Å². The molecule has 0 atom stereocenters. The molecule has 1 aromatic carbocycles. The van der Waals surface area contributed by atoms with Gasteiger partial charge in [-0.2, -0.15) is 0 Å². The van der Waals surface area contributed by atoms with Crippen molar-refractivity contribution in [2.24, 2.45) is 0 Å². The van der Waals surface area contributed by atoms with Crippen molar-refractivity contribution in [3.8, 4) is 11.4 Å². The Morgan fingerprint density at radius 2 is 1.93 bits per heavy atom. The molecule has 2 aliphatic heterocycles. The second kappa shape index (κ2) is 8.00. The lowest BCUT2D eigenvalue weighted by atomic mass is 9.95. The second-order valence-electron chi connectivity index (χ2n) is 7.27. The first-order chi connectivity index (χ1) is 14.3. The van der Waals surface area contributed by atoms with E-state index in [1.165, 1.54) is 0 Å². The fourth-order valence-corrected chi connectivity index (χ4v) is 4.18. The largest absolute Gasteiger partial charge is 0.489 e. The van der Waals surface area contributed by atoms with Gasteiger partial charge < -0.3 is 14.4 Å². The van der Waals surface area contributed by atoms with Crippen molar-refractivity contribution < 1.29 is 9.47 Å². The summed E-state index contributed by atoms with van der Waals surface area (Å²) < 4.78 is 13.7. The number of benzene rings is 1. The van der Waals surface area contributed by atoms with Crippen LogP contribution in [0.4, 0.5) is 5.82 Å². The minimum absolute atomic E-state index is 0.306. The number of nitrogens with zero attached hydrogens (tertiary/aromatic N) is 5. The van der Waals surface area contributed by atoms with Gasteiger partial charge in [-0.05, 0) is 37.1 Å². The van der Waals surface area contributed by atoms with Crippen LogP contribution in [0.15, 0.2) is 42.6 Å². The van der Waals surface area contributed by atoms with Crippen LogP contribution in [0.1, 0.15) is 30.4 Å². The Morgan fingerprint density at radius 3 is 2.76 bits per heavy atom. The van der Waals surface area contributed by atoms with Crippen LogP contribution < -0.4 is 9.64 Å². The SMILES string of the molecule is Clc1ccc2c(c1)OCCOCc1nnc(C3CCN(c4ccccn4)CC3)n1-2. The Bertz CT molecular complexity index is 986. The number of hydrogen-bond acceptors (Lipinski definition) is 6. The van der Waals surface area contributed by atoms with E-state index in [0.717, 1.165) is 54.8 Å². The highest BCUT2D eigenvalue weighted by Gasteiger charge is 2.28. The van der Waals surface area contributed by atoms with Crippen LogP contribution in [-0.2, 0) is 11.3 Å². The van der Waals surface area contributed by atoms with Gasteiger partial charge in [-0.15, -0.1) is 10.2 Å². The van der Waals surface area contributed by atoms with Crippen LogP contribution in [0.25, 0.3) is 5.69 Å². The van der Waals surface area contributed by atoms with E-state index in [-0.39, 0.29) is 0 Å². The average molecular weight is 412 g/mol. The van der Waals surface area contributed by atoms with Crippen molar-refractivity contribution >= 4 is 17.4 Å². The third kappa shape index (κ3) is 3.68. The highest BCUT2D eigenvalue weighted by atomic mass is 35.5. The van der Waals surface area contributed by atoms with Gasteiger partial charge in [0.05, 0.1) is 12.3 Å². The molecule has 0 unspecified atom stereocenters. The second-order valence-corrected chi connectivity index (χ2v) is 7.71. The van der Waals surface area contributed by atoms with Crippen LogP contribution in [0.2, 0.25) is 5.02 Å². The quantitative estimate of drug-likeness (QED) is 0.641. The molecule has 3 aromatic rings. The predicted molar refractivity (Wildman–Crippen MR) is 110 cm³/mol. The van der Waals surface area contributed by atoms with Gasteiger partial charge in [0.15, 0.2) is 5.82 Å². The zero-order valence-corrected chi connectivity index (χ0v) is 16.8. The summed E-state index contributed by atoms with van der Waals surface area (Å²) in [6.45, 7) is 3.25. The zero-order valence-electron chi connectivity index (χ0n) is 16.0. The highest BCUT2D eigenvalue weighted by molar-refractivity contribution is 6.30. The van der Waals surface area contributed by atoms with Gasteiger partial charge in [0.1, 0.15) is 30.6 Å². The number of piperidine rings is 1. The molecule has 0 bridgehead atoms. The fourth-order valence-electron chi connectivity index (χ4n) is 4.02. The van der Waals surface area contributed by atoms with Crippen LogP contribution in [-0.4, -0.2) is 46.1 Å². The molecule has 2 aromatic heterocycles. The first-order valence-corrected chi connectivity index (χ1v) is 10.3. The van der Waals surface area contributed by atoms with Crippen molar-refractivity contribution in [1.29, 1.82) is 0 Å². The molecule has 0 saturated carbocycles. The molecule has 7 nitrogen and oxygen atoms in total. The Kier molecular flexibility index (Phi) is 5.08. The lowest BCUT2D eigenvalue weighted by molar-refractivity contribution is 0.0867. The Labute approximate surface area is 174 Å². The molecule has 0 N–H and O–H groups in total. The van der Waals surface area contributed by atoms with Crippen molar-refractivity contribution in [2.45, 2.75) is 25.4 Å². The van der Waals surface area contributed by atoms with Crippen LogP contribution in [0, 0.1) is 0 Å². The number of halogens is 1. The molecule has 0 spiro atoms. The number of fused-ring (bicyclic) bond motifs is 3. The predicted octanol–water partition coefficient (Wildman–Crippen LogP) is 3.61. The van der Waals surface area contributed by atoms with Gasteiger partial charge in [0, 0.05) is 36.3 Å². The summed E-state index contributed by atoms with van der Waals surface area (Å²) in [6, 6.07) is 11.7. The lowest BCUT2D eigenvalue weighted by Gasteiger charge is -2.32. The zero-order chi connectivity index (χ0) is 19.6. The monoisotopic (exact) mass is 411 g/mol. The molecule has 2 aliphatic rings. The summed E-state index contributed by atoms with van der Waals surface area (Å²) >= 11 is 6.21. The van der Waals surface area contributed by atoms with Crippen molar-refractivity contribution in [2.75, 3.05) is 31.2 Å². The van der Waals surface area contributed by atoms with E-state index in [2.05, 4.69) is 30.7 Å². The maximum absolute atomic E-state index is 6.21. The minimum atomic E-state index is 0.306. The molecule has 8 heteroatoms. The maximum Gasteiger partial charge on any atom is 0.163 e. The van der Waals surface area contributed by atoms with Gasteiger partial charge in [0.25, 0.3) is 0 Å². The molecule has 0 amide bonds. The normalized spacial score (nSPS) is 17.5. The minimum Gasteiger partial charge on any atom is -0.489 e. The molecule has 4 heterocycles. The first-order valence-electron chi connectivity index (χ1n) is 9.90. The number of pyridine rings is 1. The maximum atomic E-state index is 6.21. The molecule has 5 rings (SSSR count). The molecule has 150 valence electrons. The Morgan fingerprint density at radius 1 is 1.03 bits per heavy atom. The van der Waals surface area contributed by atoms with Gasteiger partial charge in [-0.25, -0.2) is 4.98 Å². The summed E-state index contributed by atoms with van der Waals surface area (Å²) in [4.78, 5) is 6.80. The van der Waals surface area contributed by atoms with Crippen LogP contribution >= 0.6 is 11.6 Å². The lowest BCUT2D eigenvalue weighted by Crippen LogP contribution is -2.34. The number of anilines is 1. The third-order valence-electron chi connectivity index (χ3n) is 5.47. The summed E-state index contributed by atoms with van der Waals surface area (Å²) in [5.74, 6) is 3.82. The molecule has 0 radical (unpaired) electrons. The fraction of sp³-hybridized carbons (Fsp3) is 0.381. The molecule has 1 fully saturated rings. The van der Waals surface area contributed by atoms with Gasteiger partial charge >= 0.3 is 0 Å². The van der Waals surface area contributed by atoms with Gasteiger partial charge in [-0.3, -0.25) is 4.57 Å². The summed E-state index contributed by atoms with van der Waals surface area (Å²) in [6.07, 6.45) is 3.81. The van der Waals surface area contributed by atoms with E-state index in [9.17, 15) is 0 Å². The van der Waals surface area contributed by atoms with E-state index in [1.807, 2.05) is 36.5 Å². The smallest absolute Gasteiger partial charge is 0.163 e. The van der Waals surface area contributed by atoms with Crippen LogP contribution in [0.5, 0.6) is 5.75 Å². The summed E-state index contributed by atoms with van der Waals surface area (Å²) in [7, 11) is 0. The van der Waals surface area contributed by atoms with E-state index < -0.39 is 0 Å². The molecule has 29 heavy (non-hydrogen) atoms. The van der Waals surface area contributed by atoms with Crippen molar-refractivity contribution in [1.82, 2.24) is 19.7 Å². The van der Waals surface area contributed by atoms with Crippen molar-refractivity contribution in [3.05, 3.63) is 59.3 Å². The van der Waals surface area contributed by atoms with E-state index in [1.54, 1.807) is 0 Å². The Balaban J connectivity index is 1.46. The molecule has 0 aliphatic carbocycles. The summed E-state index contributed by atoms with van der Waals surface area (Å²) in [5.41, 5.74) is 0.919. The van der Waals surface area contributed by atoms with E-state index in [0.29, 0.717) is 30.8 Å². The Hall–Kier alpha value is -2.64. The number of ether oxygens (including phenoxy) is 2. The molecular formula is C21H22ClN5O2. The number of aromatic nitrogens is 4.